The predicted octanol–water partition coefficient (Wildman–Crippen LogP) is 4.00. The van der Waals surface area contributed by atoms with Gasteiger partial charge in [0, 0.05) is 41.7 Å². The van der Waals surface area contributed by atoms with Crippen LogP contribution in [0.5, 0.6) is 5.75 Å². The van der Waals surface area contributed by atoms with Crippen molar-refractivity contribution < 1.29 is 9.52 Å². The van der Waals surface area contributed by atoms with E-state index in [1.165, 1.54) is 12.1 Å². The van der Waals surface area contributed by atoms with Gasteiger partial charge in [-0.05, 0) is 44.2 Å². The Morgan fingerprint density at radius 3 is 2.60 bits per heavy atom. The second kappa shape index (κ2) is 5.77. The van der Waals surface area contributed by atoms with E-state index in [1.54, 1.807) is 12.1 Å². The molecule has 0 bridgehead atoms. The highest BCUT2D eigenvalue weighted by molar-refractivity contribution is 5.97. The maximum absolute atomic E-state index is 12.3. The number of benzene rings is 3. The summed E-state index contributed by atoms with van der Waals surface area (Å²) in [5.74, 6) is 0.512. The minimum Gasteiger partial charge on any atom is -0.508 e. The highest BCUT2D eigenvalue weighted by Crippen LogP contribution is 2.32. The summed E-state index contributed by atoms with van der Waals surface area (Å²) in [5.41, 5.74) is 2.88. The first-order valence-corrected chi connectivity index (χ1v) is 8.36. The molecule has 2 aliphatic rings. The Labute approximate surface area is 144 Å². The monoisotopic (exact) mass is 334 g/mol. The van der Waals surface area contributed by atoms with E-state index in [0.29, 0.717) is 27.8 Å². The van der Waals surface area contributed by atoms with Crippen molar-refractivity contribution in [3.05, 3.63) is 52.7 Å². The molecule has 0 atom stereocenters. The van der Waals surface area contributed by atoms with Gasteiger partial charge in [-0.3, -0.25) is 4.79 Å². The van der Waals surface area contributed by atoms with Crippen LogP contribution >= 0.6 is 0 Å². The van der Waals surface area contributed by atoms with E-state index in [0.717, 1.165) is 24.3 Å². The van der Waals surface area contributed by atoms with Gasteiger partial charge >= 0.3 is 0 Å². The predicted molar refractivity (Wildman–Crippen MR) is 99.6 cm³/mol. The number of hydrogen-bond acceptors (Lipinski definition) is 5. The van der Waals surface area contributed by atoms with Crippen molar-refractivity contribution >= 4 is 27.6 Å². The van der Waals surface area contributed by atoms with E-state index >= 15 is 0 Å². The second-order valence-electron chi connectivity index (χ2n) is 5.99. The largest absolute Gasteiger partial charge is 0.508 e. The molecule has 1 N–H and O–H groups in total. The molecule has 2 aromatic rings. The van der Waals surface area contributed by atoms with Gasteiger partial charge in [0.05, 0.1) is 0 Å². The molecular formula is C20H18N2O3. The SMILES string of the molecule is CCN(CC)c1ccc2nc3c4ccc(O)cc4c(=O)cc-3oc2c1. The molecule has 1 aliphatic carbocycles. The van der Waals surface area contributed by atoms with Gasteiger partial charge in [0.2, 0.25) is 0 Å². The summed E-state index contributed by atoms with van der Waals surface area (Å²) in [7, 11) is 0. The summed E-state index contributed by atoms with van der Waals surface area (Å²) in [6, 6.07) is 12.1. The minimum atomic E-state index is -0.191. The van der Waals surface area contributed by atoms with Crippen LogP contribution in [0.1, 0.15) is 13.8 Å². The van der Waals surface area contributed by atoms with Crippen LogP contribution in [-0.2, 0) is 0 Å². The molecule has 1 aliphatic heterocycles. The first-order chi connectivity index (χ1) is 12.1. The van der Waals surface area contributed by atoms with Crippen molar-refractivity contribution in [3.63, 3.8) is 0 Å². The third kappa shape index (κ3) is 2.48. The van der Waals surface area contributed by atoms with Gasteiger partial charge in [-0.15, -0.1) is 0 Å². The van der Waals surface area contributed by atoms with Gasteiger partial charge in [-0.2, -0.15) is 0 Å². The number of hydrogen-bond donors (Lipinski definition) is 1. The quantitative estimate of drug-likeness (QED) is 0.453. The standard InChI is InChI=1S/C20H18N2O3/c1-3-22(4-2)12-5-8-16-18(9-12)25-19-11-17(24)15-10-13(23)6-7-14(15)20(19)21-16/h5-11,23H,3-4H2,1-2H3. The van der Waals surface area contributed by atoms with Crippen LogP contribution in [0.15, 0.2) is 51.7 Å². The van der Waals surface area contributed by atoms with E-state index in [9.17, 15) is 9.90 Å². The summed E-state index contributed by atoms with van der Waals surface area (Å²) in [6.07, 6.45) is 0. The number of aromatic hydroxyl groups is 1. The van der Waals surface area contributed by atoms with Gasteiger partial charge in [-0.1, -0.05) is 0 Å². The molecule has 25 heavy (non-hydrogen) atoms. The van der Waals surface area contributed by atoms with Crippen LogP contribution in [0.25, 0.3) is 33.3 Å². The molecule has 0 aromatic heterocycles. The summed E-state index contributed by atoms with van der Waals surface area (Å²) >= 11 is 0. The molecule has 2 aromatic carbocycles. The maximum atomic E-state index is 12.3. The lowest BCUT2D eigenvalue weighted by Crippen LogP contribution is -2.21. The van der Waals surface area contributed by atoms with Crippen LogP contribution in [0.2, 0.25) is 0 Å². The normalized spacial score (nSPS) is 11.4. The van der Waals surface area contributed by atoms with Crippen LogP contribution in [0, 0.1) is 0 Å². The van der Waals surface area contributed by atoms with Crippen molar-refractivity contribution in [3.8, 4) is 17.2 Å². The number of fused-ring (bicyclic) bond motifs is 4. The number of phenols is 1. The zero-order valence-corrected chi connectivity index (χ0v) is 14.1. The van der Waals surface area contributed by atoms with E-state index < -0.39 is 0 Å². The Bertz CT molecular complexity index is 1110. The smallest absolute Gasteiger partial charge is 0.190 e. The minimum absolute atomic E-state index is 0.0607. The lowest BCUT2D eigenvalue weighted by atomic mass is 10.0. The van der Waals surface area contributed by atoms with E-state index in [1.807, 2.05) is 18.2 Å². The van der Waals surface area contributed by atoms with Crippen molar-refractivity contribution in [2.75, 3.05) is 18.0 Å². The third-order valence-electron chi connectivity index (χ3n) is 4.54. The van der Waals surface area contributed by atoms with Crippen molar-refractivity contribution in [2.45, 2.75) is 13.8 Å². The van der Waals surface area contributed by atoms with Crippen LogP contribution in [-0.4, -0.2) is 23.2 Å². The summed E-state index contributed by atoms with van der Waals surface area (Å²) in [4.78, 5) is 19.3. The molecule has 0 fully saturated rings. The maximum Gasteiger partial charge on any atom is 0.190 e. The van der Waals surface area contributed by atoms with Gasteiger partial charge in [0.1, 0.15) is 17.0 Å². The van der Waals surface area contributed by atoms with E-state index in [4.69, 9.17) is 9.40 Å². The topological polar surface area (TPSA) is 66.6 Å². The molecule has 126 valence electrons. The second-order valence-corrected chi connectivity index (χ2v) is 5.99. The van der Waals surface area contributed by atoms with Crippen molar-refractivity contribution in [2.24, 2.45) is 0 Å². The van der Waals surface area contributed by atoms with Crippen LogP contribution in [0.4, 0.5) is 5.69 Å². The zero-order chi connectivity index (χ0) is 17.6. The number of rotatable bonds is 3. The molecule has 1 heterocycles. The molecule has 5 heteroatoms. The molecule has 0 saturated heterocycles. The molecule has 0 radical (unpaired) electrons. The fourth-order valence-corrected chi connectivity index (χ4v) is 3.23. The summed E-state index contributed by atoms with van der Waals surface area (Å²) in [5, 5.41) is 10.8. The molecule has 5 nitrogen and oxygen atoms in total. The fourth-order valence-electron chi connectivity index (χ4n) is 3.23. The van der Waals surface area contributed by atoms with E-state index in [-0.39, 0.29) is 11.2 Å². The number of anilines is 1. The Kier molecular flexibility index (Phi) is 3.57. The average molecular weight is 334 g/mol. The van der Waals surface area contributed by atoms with Gasteiger partial charge in [-0.25, -0.2) is 4.98 Å². The Morgan fingerprint density at radius 2 is 1.84 bits per heavy atom. The highest BCUT2D eigenvalue weighted by atomic mass is 16.3. The van der Waals surface area contributed by atoms with Crippen molar-refractivity contribution in [1.29, 1.82) is 0 Å². The van der Waals surface area contributed by atoms with Crippen LogP contribution in [0.3, 0.4) is 0 Å². The third-order valence-corrected chi connectivity index (χ3v) is 4.54. The molecule has 0 spiro atoms. The molecule has 0 amide bonds. The van der Waals surface area contributed by atoms with Gasteiger partial charge < -0.3 is 14.4 Å². The first kappa shape index (κ1) is 15.4. The van der Waals surface area contributed by atoms with E-state index in [2.05, 4.69) is 18.7 Å². The highest BCUT2D eigenvalue weighted by Gasteiger charge is 2.16. The lowest BCUT2D eigenvalue weighted by molar-refractivity contribution is 0.476. The van der Waals surface area contributed by atoms with Crippen LogP contribution < -0.4 is 10.3 Å². The summed E-state index contributed by atoms with van der Waals surface area (Å²) in [6.45, 7) is 6.02. The molecular weight excluding hydrogens is 316 g/mol. The number of aromatic nitrogens is 1. The Balaban J connectivity index is 2.02. The number of phenolic OH excluding ortho intramolecular Hbond substituents is 1. The molecule has 0 unspecified atom stereocenters. The van der Waals surface area contributed by atoms with Crippen molar-refractivity contribution in [1.82, 2.24) is 4.98 Å². The molecule has 4 rings (SSSR count). The molecule has 0 saturated carbocycles. The van der Waals surface area contributed by atoms with Gasteiger partial charge in [0.25, 0.3) is 0 Å². The lowest BCUT2D eigenvalue weighted by Gasteiger charge is -2.21. The Morgan fingerprint density at radius 1 is 1.04 bits per heavy atom. The average Bonchev–Trinajstić information content (AvgIpc) is 2.61. The fraction of sp³-hybridized carbons (Fsp3) is 0.200. The summed E-state index contributed by atoms with van der Waals surface area (Å²) < 4.78 is 5.99. The first-order valence-electron chi connectivity index (χ1n) is 8.36. The number of nitrogens with zero attached hydrogens (tertiary/aromatic N) is 2. The van der Waals surface area contributed by atoms with Gasteiger partial charge in [0.15, 0.2) is 16.8 Å². The Hall–Kier alpha value is -3.08. The zero-order valence-electron chi connectivity index (χ0n) is 14.1.